The molecule has 0 aliphatic heterocycles. The molecule has 2 rings (SSSR count). The monoisotopic (exact) mass is 419 g/mol. The second-order valence-electron chi connectivity index (χ2n) is 8.09. The number of halogens is 1. The fraction of sp³-hybridized carbons (Fsp3) is 0.435. The zero-order valence-corrected chi connectivity index (χ0v) is 18.5. The van der Waals surface area contributed by atoms with Crippen molar-refractivity contribution in [1.82, 2.24) is 4.72 Å². The van der Waals surface area contributed by atoms with Gasteiger partial charge in [0.15, 0.2) is 0 Å². The lowest BCUT2D eigenvalue weighted by molar-refractivity contribution is -0.159. The van der Waals surface area contributed by atoms with Gasteiger partial charge in [-0.3, -0.25) is 0 Å². The Bertz CT molecular complexity index is 833. The van der Waals surface area contributed by atoms with Crippen LogP contribution in [0.2, 0.25) is 0 Å². The van der Waals surface area contributed by atoms with Crippen LogP contribution >= 0.6 is 0 Å². The van der Waals surface area contributed by atoms with Crippen molar-refractivity contribution >= 4 is 17.0 Å². The molecular formula is C23H30FNO3S. The number of benzene rings is 2. The van der Waals surface area contributed by atoms with Crippen LogP contribution in [0, 0.1) is 6.92 Å². The molecule has 2 aromatic rings. The number of aryl methyl sites for hydroxylation is 1. The van der Waals surface area contributed by atoms with Crippen molar-refractivity contribution in [2.75, 3.05) is 6.61 Å². The van der Waals surface area contributed by atoms with Gasteiger partial charge in [-0.25, -0.2) is 18.1 Å². The average molecular weight is 420 g/mol. The van der Waals surface area contributed by atoms with Crippen molar-refractivity contribution in [3.8, 4) is 0 Å². The molecule has 4 nitrogen and oxygen atoms in total. The molecule has 0 radical (unpaired) electrons. The Labute approximate surface area is 175 Å². The first-order valence-electron chi connectivity index (χ1n) is 9.72. The minimum absolute atomic E-state index is 0.0578. The molecule has 3 atom stereocenters. The van der Waals surface area contributed by atoms with Crippen molar-refractivity contribution < 1.29 is 18.1 Å². The normalized spacial score (nSPS) is 15.9. The van der Waals surface area contributed by atoms with E-state index in [1.165, 1.54) is 0 Å². The van der Waals surface area contributed by atoms with Crippen LogP contribution in [0.1, 0.15) is 50.4 Å². The Morgan fingerprint density at radius 1 is 1.10 bits per heavy atom. The van der Waals surface area contributed by atoms with E-state index in [1.807, 2.05) is 25.1 Å². The minimum Gasteiger partial charge on any atom is -0.464 e. The molecule has 158 valence electrons. The molecule has 0 aliphatic carbocycles. The SMILES string of the molecule is CCOC(=O)[C@@](F)(Cc1ccccc1)[C@@H](N[S@](=O)C(C)(C)C)c1ccc(C)cc1. The van der Waals surface area contributed by atoms with Crippen molar-refractivity contribution in [2.24, 2.45) is 0 Å². The fourth-order valence-corrected chi connectivity index (χ4v) is 3.79. The highest BCUT2D eigenvalue weighted by Crippen LogP contribution is 2.36. The van der Waals surface area contributed by atoms with Crippen LogP contribution < -0.4 is 4.72 Å². The van der Waals surface area contributed by atoms with Crippen molar-refractivity contribution in [1.29, 1.82) is 0 Å². The number of hydrogen-bond donors (Lipinski definition) is 1. The molecule has 1 N–H and O–H groups in total. The maximum absolute atomic E-state index is 16.6. The van der Waals surface area contributed by atoms with E-state index in [0.717, 1.165) is 5.56 Å². The number of rotatable bonds is 8. The van der Waals surface area contributed by atoms with E-state index in [0.29, 0.717) is 11.1 Å². The Morgan fingerprint density at radius 3 is 2.21 bits per heavy atom. The van der Waals surface area contributed by atoms with E-state index in [4.69, 9.17) is 4.74 Å². The minimum atomic E-state index is -2.44. The Hall–Kier alpha value is -2.05. The van der Waals surface area contributed by atoms with Crippen LogP contribution in [-0.4, -0.2) is 27.2 Å². The summed E-state index contributed by atoms with van der Waals surface area (Å²) in [6, 6.07) is 15.0. The Balaban J connectivity index is 2.56. The number of carbonyl (C=O) groups excluding carboxylic acids is 1. The molecule has 29 heavy (non-hydrogen) atoms. The molecule has 0 unspecified atom stereocenters. The fourth-order valence-electron chi connectivity index (χ4n) is 2.90. The van der Waals surface area contributed by atoms with Gasteiger partial charge in [-0.05, 0) is 45.7 Å². The van der Waals surface area contributed by atoms with Crippen molar-refractivity contribution in [3.05, 3.63) is 71.3 Å². The number of alkyl halides is 1. The predicted molar refractivity (Wildman–Crippen MR) is 116 cm³/mol. The lowest BCUT2D eigenvalue weighted by atomic mass is 9.85. The van der Waals surface area contributed by atoms with Gasteiger partial charge in [-0.2, -0.15) is 0 Å². The summed E-state index contributed by atoms with van der Waals surface area (Å²) in [7, 11) is -1.60. The van der Waals surface area contributed by atoms with E-state index in [1.54, 1.807) is 64.1 Å². The van der Waals surface area contributed by atoms with E-state index < -0.39 is 33.4 Å². The third-order valence-corrected chi connectivity index (χ3v) is 6.13. The van der Waals surface area contributed by atoms with Crippen LogP contribution in [0.4, 0.5) is 4.39 Å². The predicted octanol–water partition coefficient (Wildman–Crippen LogP) is 4.60. The molecule has 0 amide bonds. The van der Waals surface area contributed by atoms with Crippen molar-refractivity contribution in [2.45, 2.75) is 57.5 Å². The topological polar surface area (TPSA) is 55.4 Å². The summed E-state index contributed by atoms with van der Waals surface area (Å²) < 4.78 is 36.8. The standard InChI is InChI=1S/C23H30FNO3S/c1-6-28-21(26)23(24,16-18-10-8-7-9-11-18)20(25-29(27)22(3,4)5)19-14-12-17(2)13-15-19/h7-15,20,25H,6,16H2,1-5H3/t20-,23+,29+/m0/s1. The molecular weight excluding hydrogens is 389 g/mol. The van der Waals surface area contributed by atoms with Crippen LogP contribution in [0.3, 0.4) is 0 Å². The molecule has 0 fully saturated rings. The molecule has 0 saturated carbocycles. The molecule has 0 heterocycles. The summed E-state index contributed by atoms with van der Waals surface area (Å²) >= 11 is 0. The third-order valence-electron chi connectivity index (χ3n) is 4.57. The highest BCUT2D eigenvalue weighted by molar-refractivity contribution is 7.84. The van der Waals surface area contributed by atoms with Gasteiger partial charge in [0.25, 0.3) is 0 Å². The van der Waals surface area contributed by atoms with E-state index >= 15 is 4.39 Å². The van der Waals surface area contributed by atoms with Gasteiger partial charge < -0.3 is 4.74 Å². The molecule has 0 bridgehead atoms. The lowest BCUT2D eigenvalue weighted by Crippen LogP contribution is -2.51. The van der Waals surface area contributed by atoms with Gasteiger partial charge in [-0.15, -0.1) is 0 Å². The first-order chi connectivity index (χ1) is 13.6. The highest BCUT2D eigenvalue weighted by Gasteiger charge is 2.50. The van der Waals surface area contributed by atoms with Gasteiger partial charge in [0, 0.05) is 6.42 Å². The van der Waals surface area contributed by atoms with Gasteiger partial charge in [-0.1, -0.05) is 60.2 Å². The number of carbonyl (C=O) groups is 1. The highest BCUT2D eigenvalue weighted by atomic mass is 32.2. The Morgan fingerprint density at radius 2 is 1.69 bits per heavy atom. The number of hydrogen-bond acceptors (Lipinski definition) is 3. The molecule has 0 aliphatic rings. The zero-order valence-electron chi connectivity index (χ0n) is 17.7. The van der Waals surface area contributed by atoms with Gasteiger partial charge in [0.1, 0.15) is 0 Å². The van der Waals surface area contributed by atoms with Gasteiger partial charge >= 0.3 is 5.97 Å². The third kappa shape index (κ3) is 5.97. The maximum Gasteiger partial charge on any atom is 0.346 e. The zero-order chi connectivity index (χ0) is 21.7. The number of ether oxygens (including phenoxy) is 1. The Kier molecular flexibility index (Phi) is 7.72. The van der Waals surface area contributed by atoms with Crippen LogP contribution in [0.15, 0.2) is 54.6 Å². The lowest BCUT2D eigenvalue weighted by Gasteiger charge is -2.34. The molecule has 6 heteroatoms. The van der Waals surface area contributed by atoms with E-state index in [9.17, 15) is 9.00 Å². The summed E-state index contributed by atoms with van der Waals surface area (Å²) in [6.45, 7) is 9.01. The van der Waals surface area contributed by atoms with Gasteiger partial charge in [0.2, 0.25) is 5.67 Å². The second-order valence-corrected chi connectivity index (χ2v) is 10.1. The molecule has 2 aromatic carbocycles. The van der Waals surface area contributed by atoms with E-state index in [-0.39, 0.29) is 13.0 Å². The van der Waals surface area contributed by atoms with Gasteiger partial charge in [0.05, 0.1) is 28.4 Å². The summed E-state index contributed by atoms with van der Waals surface area (Å²) in [4.78, 5) is 12.8. The summed E-state index contributed by atoms with van der Waals surface area (Å²) in [5.41, 5.74) is -0.232. The molecule has 0 aromatic heterocycles. The summed E-state index contributed by atoms with van der Waals surface area (Å²) in [5.74, 6) is -0.965. The first kappa shape index (κ1) is 23.2. The maximum atomic E-state index is 16.6. The first-order valence-corrected chi connectivity index (χ1v) is 10.9. The van der Waals surface area contributed by atoms with Crippen LogP contribution in [0.25, 0.3) is 0 Å². The summed E-state index contributed by atoms with van der Waals surface area (Å²) in [5, 5.41) is 0. The van der Waals surface area contributed by atoms with Crippen LogP contribution in [-0.2, 0) is 26.9 Å². The molecule has 0 saturated heterocycles. The quantitative estimate of drug-likeness (QED) is 0.636. The number of esters is 1. The largest absolute Gasteiger partial charge is 0.464 e. The number of nitrogens with one attached hydrogen (secondary N) is 1. The summed E-state index contributed by atoms with van der Waals surface area (Å²) in [6.07, 6.45) is -0.195. The molecule has 0 spiro atoms. The van der Waals surface area contributed by atoms with E-state index in [2.05, 4.69) is 4.72 Å². The second kappa shape index (κ2) is 9.63. The average Bonchev–Trinajstić information content (AvgIpc) is 2.67. The van der Waals surface area contributed by atoms with Crippen LogP contribution in [0.5, 0.6) is 0 Å². The smallest absolute Gasteiger partial charge is 0.346 e. The van der Waals surface area contributed by atoms with Crippen molar-refractivity contribution in [3.63, 3.8) is 0 Å².